The quantitative estimate of drug-likeness (QED) is 0.574. The van der Waals surface area contributed by atoms with E-state index in [1.54, 1.807) is 5.54 Å². The van der Waals surface area contributed by atoms with Crippen LogP contribution in [0.25, 0.3) is 0 Å². The summed E-state index contributed by atoms with van der Waals surface area (Å²) in [5, 5.41) is 0. The molecule has 0 radical (unpaired) electrons. The van der Waals surface area contributed by atoms with E-state index < -0.39 is 0 Å². The molecule has 0 aliphatic carbocycles. The Morgan fingerprint density at radius 1 is 1.27 bits per heavy atom. The van der Waals surface area contributed by atoms with Crippen LogP contribution in [-0.2, 0) is 0 Å². The van der Waals surface area contributed by atoms with Crippen LogP contribution >= 0.6 is 0 Å². The molecule has 1 aliphatic heterocycles. The molecule has 0 aromatic heterocycles. The molecule has 0 amide bonds. The van der Waals surface area contributed by atoms with Gasteiger partial charge < -0.3 is 4.90 Å². The Morgan fingerprint density at radius 2 is 1.91 bits per heavy atom. The van der Waals surface area contributed by atoms with Crippen molar-refractivity contribution in [2.75, 3.05) is 46.3 Å². The molecule has 0 aromatic carbocycles. The van der Waals surface area contributed by atoms with E-state index in [9.17, 15) is 4.48 Å². The van der Waals surface area contributed by atoms with Gasteiger partial charge in [0.2, 0.25) is 0 Å². The summed E-state index contributed by atoms with van der Waals surface area (Å²) in [5.74, 6) is 0. The van der Waals surface area contributed by atoms with Gasteiger partial charge >= 0.3 is 0 Å². The minimum Gasteiger partial charge on any atom is -0.304 e. The maximum absolute atomic E-state index is 11.5. The van der Waals surface area contributed by atoms with E-state index in [1.807, 2.05) is 0 Å². The molecule has 1 fully saturated rings. The number of hydrogen-bond acceptors (Lipinski definition) is 3. The summed E-state index contributed by atoms with van der Waals surface area (Å²) in [7, 11) is 2.12. The molecule has 3 nitrogen and oxygen atoms in total. The van der Waals surface area contributed by atoms with Crippen LogP contribution in [0.3, 0.4) is 0 Å². The Kier molecular flexibility index (Phi) is 3.76. The van der Waals surface area contributed by atoms with Crippen LogP contribution in [-0.4, -0.2) is 56.1 Å². The number of hydrogen-bond donors (Lipinski definition) is 1. The molecule has 0 bridgehead atoms. The number of likely N-dealkylation sites (N-methyl/N-ethyl adjacent to an activating group) is 1. The van der Waals surface area contributed by atoms with Gasteiger partial charge in [0, 0.05) is 39.3 Å². The van der Waals surface area contributed by atoms with Gasteiger partial charge in [0.25, 0.3) is 0 Å². The number of halogens is 1. The fourth-order valence-corrected chi connectivity index (χ4v) is 1.27. The molecule has 0 aromatic rings. The van der Waals surface area contributed by atoms with E-state index in [0.717, 1.165) is 32.7 Å². The lowest BCUT2D eigenvalue weighted by Gasteiger charge is -2.31. The van der Waals surface area contributed by atoms with Gasteiger partial charge in [-0.2, -0.15) is 5.54 Å². The molecule has 1 rings (SSSR count). The average Bonchev–Trinajstić information content (AvgIpc) is 2.04. The molecule has 1 heterocycles. The second-order valence-electron chi connectivity index (χ2n) is 3.03. The molecule has 1 aliphatic rings. The number of rotatable bonds is 3. The summed E-state index contributed by atoms with van der Waals surface area (Å²) in [6.45, 7) is 5.61. The second-order valence-corrected chi connectivity index (χ2v) is 3.03. The van der Waals surface area contributed by atoms with E-state index in [-0.39, 0.29) is 0 Å². The van der Waals surface area contributed by atoms with Crippen LogP contribution in [0.1, 0.15) is 0 Å². The first-order valence-electron chi connectivity index (χ1n) is 4.07. The zero-order chi connectivity index (χ0) is 8.10. The molecule has 0 saturated carbocycles. The van der Waals surface area contributed by atoms with Gasteiger partial charge in [-0.1, -0.05) is 0 Å². The van der Waals surface area contributed by atoms with Crippen molar-refractivity contribution in [2.24, 2.45) is 0 Å². The van der Waals surface area contributed by atoms with E-state index in [4.69, 9.17) is 0 Å². The summed E-state index contributed by atoms with van der Waals surface area (Å²) < 4.78 is 11.5. The van der Waals surface area contributed by atoms with Crippen molar-refractivity contribution in [3.63, 3.8) is 0 Å². The first-order valence-corrected chi connectivity index (χ1v) is 4.07. The van der Waals surface area contributed by atoms with Crippen LogP contribution in [0.4, 0.5) is 4.48 Å². The third-order valence-corrected chi connectivity index (χ3v) is 2.12. The molecule has 66 valence electrons. The Labute approximate surface area is 67.1 Å². The first kappa shape index (κ1) is 8.90. The topological polar surface area (TPSA) is 18.5 Å². The third kappa shape index (κ3) is 3.14. The Bertz CT molecular complexity index is 99.1. The molecular formula is C7H16FN3. The predicted octanol–water partition coefficient (Wildman–Crippen LogP) is -0.292. The van der Waals surface area contributed by atoms with Gasteiger partial charge in [-0.05, 0) is 7.05 Å². The lowest BCUT2D eigenvalue weighted by atomic mass is 10.3. The maximum Gasteiger partial charge on any atom is 0.0387 e. The van der Waals surface area contributed by atoms with E-state index in [0.29, 0.717) is 6.54 Å². The van der Waals surface area contributed by atoms with Crippen LogP contribution in [0.2, 0.25) is 0 Å². The lowest BCUT2D eigenvalue weighted by Crippen LogP contribution is -2.46. The highest BCUT2D eigenvalue weighted by molar-refractivity contribution is 4.68. The minimum atomic E-state index is 0.448. The SMILES string of the molecule is CN1CCN(CCNF)CC1. The Balaban J connectivity index is 2.07. The van der Waals surface area contributed by atoms with Gasteiger partial charge in [0.05, 0.1) is 0 Å². The van der Waals surface area contributed by atoms with Crippen LogP contribution in [0.15, 0.2) is 0 Å². The maximum atomic E-state index is 11.5. The molecule has 4 heteroatoms. The van der Waals surface area contributed by atoms with Gasteiger partial charge in [-0.3, -0.25) is 4.90 Å². The van der Waals surface area contributed by atoms with Crippen LogP contribution in [0, 0.1) is 0 Å². The smallest absolute Gasteiger partial charge is 0.0387 e. The highest BCUT2D eigenvalue weighted by atomic mass is 19.2. The van der Waals surface area contributed by atoms with Gasteiger partial charge in [-0.25, -0.2) is 0 Å². The van der Waals surface area contributed by atoms with Gasteiger partial charge in [0.1, 0.15) is 0 Å². The zero-order valence-corrected chi connectivity index (χ0v) is 7.02. The molecule has 1 N–H and O–H groups in total. The standard InChI is InChI=1S/C7H16FN3/c1-10-4-6-11(7-5-10)3-2-9-8/h9H,2-7H2,1H3. The molecule has 11 heavy (non-hydrogen) atoms. The highest BCUT2D eigenvalue weighted by Crippen LogP contribution is 1.97. The Morgan fingerprint density at radius 3 is 2.45 bits per heavy atom. The minimum absolute atomic E-state index is 0.448. The zero-order valence-electron chi connectivity index (χ0n) is 7.02. The van der Waals surface area contributed by atoms with Crippen molar-refractivity contribution in [2.45, 2.75) is 0 Å². The number of piperazine rings is 1. The van der Waals surface area contributed by atoms with Crippen molar-refractivity contribution in [1.29, 1.82) is 0 Å². The largest absolute Gasteiger partial charge is 0.304 e. The monoisotopic (exact) mass is 161 g/mol. The fraction of sp³-hybridized carbons (Fsp3) is 1.00. The van der Waals surface area contributed by atoms with Crippen molar-refractivity contribution < 1.29 is 4.48 Å². The van der Waals surface area contributed by atoms with E-state index in [2.05, 4.69) is 16.8 Å². The van der Waals surface area contributed by atoms with Crippen molar-refractivity contribution in [3.05, 3.63) is 0 Å². The van der Waals surface area contributed by atoms with Crippen molar-refractivity contribution >= 4 is 0 Å². The van der Waals surface area contributed by atoms with Gasteiger partial charge in [0.15, 0.2) is 0 Å². The summed E-state index contributed by atoms with van der Waals surface area (Å²) >= 11 is 0. The number of nitrogens with zero attached hydrogens (tertiary/aromatic N) is 2. The number of nitrogens with one attached hydrogen (secondary N) is 1. The molecule has 1 saturated heterocycles. The van der Waals surface area contributed by atoms with Crippen molar-refractivity contribution in [3.8, 4) is 0 Å². The summed E-state index contributed by atoms with van der Waals surface area (Å²) in [4.78, 5) is 4.56. The van der Waals surface area contributed by atoms with E-state index in [1.165, 1.54) is 0 Å². The Hall–Kier alpha value is -0.190. The third-order valence-electron chi connectivity index (χ3n) is 2.12. The fourth-order valence-electron chi connectivity index (χ4n) is 1.27. The second kappa shape index (κ2) is 4.64. The molecule has 0 atom stereocenters. The van der Waals surface area contributed by atoms with Crippen LogP contribution in [0.5, 0.6) is 0 Å². The van der Waals surface area contributed by atoms with E-state index >= 15 is 0 Å². The highest BCUT2D eigenvalue weighted by Gasteiger charge is 2.12. The predicted molar refractivity (Wildman–Crippen MR) is 43.0 cm³/mol. The summed E-state index contributed by atoms with van der Waals surface area (Å²) in [6.07, 6.45) is 0. The molecular weight excluding hydrogens is 145 g/mol. The van der Waals surface area contributed by atoms with Crippen LogP contribution < -0.4 is 5.54 Å². The normalized spacial score (nSPS) is 22.4. The lowest BCUT2D eigenvalue weighted by molar-refractivity contribution is 0.147. The van der Waals surface area contributed by atoms with Crippen molar-refractivity contribution in [1.82, 2.24) is 15.3 Å². The van der Waals surface area contributed by atoms with Gasteiger partial charge in [-0.15, -0.1) is 4.48 Å². The summed E-state index contributed by atoms with van der Waals surface area (Å²) in [6, 6.07) is 0. The molecule has 0 unspecified atom stereocenters. The summed E-state index contributed by atoms with van der Waals surface area (Å²) in [5.41, 5.74) is 1.67. The first-order chi connectivity index (χ1) is 5.33. The molecule has 0 spiro atoms. The average molecular weight is 161 g/mol.